The van der Waals surface area contributed by atoms with Crippen LogP contribution in [0.5, 0.6) is 0 Å². The molecule has 0 aliphatic rings. The number of halogens is 2. The number of rotatable bonds is 6. The Balaban J connectivity index is 2.19. The first-order chi connectivity index (χ1) is 12.5. The molecule has 0 radical (unpaired) electrons. The third-order valence-electron chi connectivity index (χ3n) is 2.92. The third-order valence-corrected chi connectivity index (χ3v) is 3.21. The van der Waals surface area contributed by atoms with Gasteiger partial charge in [0.2, 0.25) is 5.96 Å². The zero-order valence-corrected chi connectivity index (χ0v) is 14.0. The van der Waals surface area contributed by atoms with Crippen LogP contribution in [0.4, 0.5) is 10.1 Å². The molecule has 0 spiro atoms. The lowest BCUT2D eigenvalue weighted by atomic mass is 10.3. The molecule has 136 valence electrons. The summed E-state index contributed by atoms with van der Waals surface area (Å²) in [6, 6.07) is 3.86. The van der Waals surface area contributed by atoms with Crippen LogP contribution in [0.1, 0.15) is 11.4 Å². The Bertz CT molecular complexity index is 861. The highest BCUT2D eigenvalue weighted by molar-refractivity contribution is 6.31. The molecule has 0 fully saturated rings. The molecule has 0 bridgehead atoms. The SMILES string of the molecule is N#CNC(=NCc1nonc1C(N)=Nc1ccc(F)c(Cl)c1)NCCO. The van der Waals surface area contributed by atoms with Crippen LogP contribution in [-0.2, 0) is 6.54 Å². The van der Waals surface area contributed by atoms with E-state index in [2.05, 4.69) is 35.6 Å². The molecule has 0 saturated heterocycles. The first kappa shape index (κ1) is 19.1. The number of nitrogens with zero attached hydrogens (tertiary/aromatic N) is 5. The van der Waals surface area contributed by atoms with Crippen LogP contribution in [0, 0.1) is 17.3 Å². The van der Waals surface area contributed by atoms with Gasteiger partial charge in [-0.05, 0) is 23.4 Å². The van der Waals surface area contributed by atoms with Gasteiger partial charge in [-0.2, -0.15) is 5.26 Å². The second-order valence-electron chi connectivity index (χ2n) is 4.71. The smallest absolute Gasteiger partial charge is 0.205 e. The summed E-state index contributed by atoms with van der Waals surface area (Å²) in [5.41, 5.74) is 6.63. The van der Waals surface area contributed by atoms with Gasteiger partial charge >= 0.3 is 0 Å². The average molecular weight is 381 g/mol. The van der Waals surface area contributed by atoms with E-state index in [0.29, 0.717) is 5.69 Å². The summed E-state index contributed by atoms with van der Waals surface area (Å²) >= 11 is 5.70. The van der Waals surface area contributed by atoms with Gasteiger partial charge in [0.25, 0.3) is 0 Å². The number of amidine groups is 1. The Hall–Kier alpha value is -3.23. The minimum Gasteiger partial charge on any atom is -0.395 e. The van der Waals surface area contributed by atoms with Crippen molar-refractivity contribution in [1.82, 2.24) is 20.9 Å². The van der Waals surface area contributed by atoms with E-state index in [0.717, 1.165) is 6.07 Å². The highest BCUT2D eigenvalue weighted by Crippen LogP contribution is 2.22. The maximum atomic E-state index is 13.2. The Morgan fingerprint density at radius 2 is 2.27 bits per heavy atom. The largest absolute Gasteiger partial charge is 0.395 e. The molecular formula is C14H14ClFN8O2. The minimum absolute atomic E-state index is 0.0261. The second-order valence-corrected chi connectivity index (χ2v) is 5.11. The van der Waals surface area contributed by atoms with Crippen LogP contribution in [0.25, 0.3) is 0 Å². The Labute approximate surface area is 152 Å². The fourth-order valence-corrected chi connectivity index (χ4v) is 1.95. The van der Waals surface area contributed by atoms with Gasteiger partial charge < -0.3 is 16.2 Å². The molecule has 0 aliphatic carbocycles. The van der Waals surface area contributed by atoms with Gasteiger partial charge in [-0.1, -0.05) is 16.8 Å². The van der Waals surface area contributed by atoms with Crippen molar-refractivity contribution < 1.29 is 14.1 Å². The molecule has 0 unspecified atom stereocenters. The van der Waals surface area contributed by atoms with Crippen molar-refractivity contribution in [3.05, 3.63) is 40.4 Å². The van der Waals surface area contributed by atoms with Gasteiger partial charge in [0, 0.05) is 6.54 Å². The number of hydrogen-bond donors (Lipinski definition) is 4. The van der Waals surface area contributed by atoms with Gasteiger partial charge in [-0.25, -0.2) is 19.0 Å². The number of hydrogen-bond acceptors (Lipinski definition) is 7. The van der Waals surface area contributed by atoms with E-state index >= 15 is 0 Å². The summed E-state index contributed by atoms with van der Waals surface area (Å²) in [5, 5.41) is 29.8. The van der Waals surface area contributed by atoms with Crippen LogP contribution >= 0.6 is 11.6 Å². The van der Waals surface area contributed by atoms with E-state index in [1.165, 1.54) is 12.1 Å². The van der Waals surface area contributed by atoms with Crippen LogP contribution in [0.2, 0.25) is 5.02 Å². The Morgan fingerprint density at radius 3 is 2.96 bits per heavy atom. The van der Waals surface area contributed by atoms with Crippen molar-refractivity contribution in [2.45, 2.75) is 6.54 Å². The summed E-state index contributed by atoms with van der Waals surface area (Å²) in [4.78, 5) is 8.18. The third kappa shape index (κ3) is 5.13. The summed E-state index contributed by atoms with van der Waals surface area (Å²) < 4.78 is 17.8. The number of aromatic nitrogens is 2. The fourth-order valence-electron chi connectivity index (χ4n) is 1.77. The molecule has 2 aromatic rings. The number of aliphatic imine (C=N–C) groups is 2. The predicted molar refractivity (Wildman–Crippen MR) is 91.1 cm³/mol. The van der Waals surface area contributed by atoms with Gasteiger partial charge in [0.1, 0.15) is 11.5 Å². The van der Waals surface area contributed by atoms with E-state index in [1.807, 2.05) is 0 Å². The fraction of sp³-hybridized carbons (Fsp3) is 0.214. The lowest BCUT2D eigenvalue weighted by molar-refractivity contribution is 0.300. The summed E-state index contributed by atoms with van der Waals surface area (Å²) in [6.07, 6.45) is 1.71. The van der Waals surface area contributed by atoms with Crippen molar-refractivity contribution in [2.75, 3.05) is 13.2 Å². The van der Waals surface area contributed by atoms with E-state index in [1.54, 1.807) is 6.19 Å². The minimum atomic E-state index is -0.574. The first-order valence-electron chi connectivity index (χ1n) is 7.20. The first-order valence-corrected chi connectivity index (χ1v) is 7.58. The quantitative estimate of drug-likeness (QED) is 0.243. The van der Waals surface area contributed by atoms with Crippen LogP contribution in [0.3, 0.4) is 0 Å². The van der Waals surface area contributed by atoms with E-state index in [4.69, 9.17) is 27.7 Å². The maximum absolute atomic E-state index is 13.2. The molecule has 26 heavy (non-hydrogen) atoms. The molecule has 1 heterocycles. The molecule has 1 aromatic heterocycles. The summed E-state index contributed by atoms with van der Waals surface area (Å²) in [7, 11) is 0. The lowest BCUT2D eigenvalue weighted by Crippen LogP contribution is -2.36. The molecule has 0 aliphatic heterocycles. The number of nitrogens with two attached hydrogens (primary N) is 1. The molecule has 0 amide bonds. The highest BCUT2D eigenvalue weighted by atomic mass is 35.5. The molecule has 5 N–H and O–H groups in total. The number of aliphatic hydroxyl groups is 1. The average Bonchev–Trinajstić information content (AvgIpc) is 3.09. The van der Waals surface area contributed by atoms with Crippen molar-refractivity contribution in [2.24, 2.45) is 15.7 Å². The Kier molecular flexibility index (Phi) is 6.84. The molecule has 2 rings (SSSR count). The predicted octanol–water partition coefficient (Wildman–Crippen LogP) is 0.408. The molecule has 12 heteroatoms. The number of benzene rings is 1. The monoisotopic (exact) mass is 380 g/mol. The summed E-state index contributed by atoms with van der Waals surface area (Å²) in [5.74, 6) is -0.469. The van der Waals surface area contributed by atoms with Gasteiger partial charge in [0.15, 0.2) is 17.7 Å². The number of guanidine groups is 1. The van der Waals surface area contributed by atoms with E-state index in [-0.39, 0.29) is 47.9 Å². The van der Waals surface area contributed by atoms with Crippen LogP contribution in [0.15, 0.2) is 32.8 Å². The number of aliphatic hydroxyl groups excluding tert-OH is 1. The lowest BCUT2D eigenvalue weighted by Gasteiger charge is -2.05. The Morgan fingerprint density at radius 1 is 1.46 bits per heavy atom. The van der Waals surface area contributed by atoms with E-state index in [9.17, 15) is 4.39 Å². The van der Waals surface area contributed by atoms with Crippen molar-refractivity contribution >= 4 is 29.1 Å². The molecule has 1 aromatic carbocycles. The summed E-state index contributed by atoms with van der Waals surface area (Å²) in [6.45, 7) is 0.0385. The molecule has 0 saturated carbocycles. The molecule has 10 nitrogen and oxygen atoms in total. The van der Waals surface area contributed by atoms with Gasteiger partial charge in [-0.3, -0.25) is 5.32 Å². The zero-order chi connectivity index (χ0) is 18.9. The zero-order valence-electron chi connectivity index (χ0n) is 13.3. The normalized spacial score (nSPS) is 11.9. The standard InChI is InChI=1S/C14H14ClFN8O2/c15-9-5-8(1-2-10(9)16)22-13(18)12-11(23-26-24-12)6-20-14(21-7-17)19-3-4-25/h1-2,5,25H,3-4,6H2,(H2,18,22)(H2,19,20,21). The molecular weight excluding hydrogens is 367 g/mol. The van der Waals surface area contributed by atoms with Crippen molar-refractivity contribution in [1.29, 1.82) is 5.26 Å². The van der Waals surface area contributed by atoms with Crippen LogP contribution < -0.4 is 16.4 Å². The topological polar surface area (TPSA) is 158 Å². The van der Waals surface area contributed by atoms with Gasteiger partial charge in [0.05, 0.1) is 23.9 Å². The second kappa shape index (κ2) is 9.30. The number of nitrogens with one attached hydrogen (secondary N) is 2. The molecule has 0 atom stereocenters. The van der Waals surface area contributed by atoms with Gasteiger partial charge in [-0.15, -0.1) is 0 Å². The van der Waals surface area contributed by atoms with E-state index < -0.39 is 5.82 Å². The number of nitriles is 1. The highest BCUT2D eigenvalue weighted by Gasteiger charge is 2.14. The van der Waals surface area contributed by atoms with Crippen molar-refractivity contribution in [3.63, 3.8) is 0 Å². The van der Waals surface area contributed by atoms with Crippen LogP contribution in [-0.4, -0.2) is 40.4 Å². The maximum Gasteiger partial charge on any atom is 0.205 e. The van der Waals surface area contributed by atoms with Crippen molar-refractivity contribution in [3.8, 4) is 6.19 Å².